The van der Waals surface area contributed by atoms with Gasteiger partial charge in [0.25, 0.3) is 0 Å². The Bertz CT molecular complexity index is 892. The van der Waals surface area contributed by atoms with Crippen LogP contribution < -0.4 is 0 Å². The van der Waals surface area contributed by atoms with E-state index in [0.29, 0.717) is 31.0 Å². The Balaban J connectivity index is 1.88. The van der Waals surface area contributed by atoms with Crippen molar-refractivity contribution in [1.82, 2.24) is 9.55 Å². The number of halogens is 1. The van der Waals surface area contributed by atoms with Gasteiger partial charge in [0.1, 0.15) is 5.82 Å². The number of aromatic nitrogens is 2. The molecular formula is C20H21ClN2O2S. The number of carbonyl (C=O) groups is 1. The van der Waals surface area contributed by atoms with E-state index < -0.39 is 0 Å². The zero-order valence-corrected chi connectivity index (χ0v) is 16.2. The quantitative estimate of drug-likeness (QED) is 0.455. The van der Waals surface area contributed by atoms with Crippen LogP contribution in [-0.2, 0) is 16.1 Å². The topological polar surface area (TPSA) is 44.1 Å². The first kappa shape index (κ1) is 18.8. The van der Waals surface area contributed by atoms with Crippen LogP contribution in [0.15, 0.2) is 48.5 Å². The average Bonchev–Trinajstić information content (AvgIpc) is 3.00. The van der Waals surface area contributed by atoms with Crippen molar-refractivity contribution in [3.8, 4) is 0 Å². The fourth-order valence-corrected chi connectivity index (χ4v) is 3.36. The van der Waals surface area contributed by atoms with Crippen molar-refractivity contribution in [2.45, 2.75) is 31.6 Å². The lowest BCUT2D eigenvalue weighted by atomic mass is 10.2. The molecule has 0 aliphatic carbocycles. The number of esters is 1. The number of benzene rings is 2. The summed E-state index contributed by atoms with van der Waals surface area (Å²) in [7, 11) is 0. The van der Waals surface area contributed by atoms with Crippen molar-refractivity contribution in [2.75, 3.05) is 6.61 Å². The lowest BCUT2D eigenvalue weighted by molar-refractivity contribution is -0.143. The number of fused-ring (bicyclic) bond motifs is 1. The van der Waals surface area contributed by atoms with Crippen LogP contribution in [0.3, 0.4) is 0 Å². The molecule has 0 radical (unpaired) electrons. The second-order valence-electron chi connectivity index (χ2n) is 6.03. The number of para-hydroxylation sites is 2. The van der Waals surface area contributed by atoms with Crippen LogP contribution in [0.1, 0.15) is 36.4 Å². The Kier molecular flexibility index (Phi) is 6.22. The molecule has 0 aliphatic rings. The van der Waals surface area contributed by atoms with E-state index >= 15 is 0 Å². The first-order valence-electron chi connectivity index (χ1n) is 8.61. The van der Waals surface area contributed by atoms with Crippen LogP contribution in [0.5, 0.6) is 0 Å². The molecule has 0 saturated heterocycles. The molecule has 3 aromatic rings. The van der Waals surface area contributed by atoms with E-state index in [1.807, 2.05) is 55.5 Å². The third kappa shape index (κ3) is 4.40. The first-order valence-corrected chi connectivity index (χ1v) is 9.51. The minimum atomic E-state index is -0.202. The minimum Gasteiger partial charge on any atom is -0.466 e. The molecule has 26 heavy (non-hydrogen) atoms. The molecule has 2 aromatic carbocycles. The molecular weight excluding hydrogens is 368 g/mol. The maximum absolute atomic E-state index is 11.7. The summed E-state index contributed by atoms with van der Waals surface area (Å²) < 4.78 is 7.17. The van der Waals surface area contributed by atoms with Gasteiger partial charge in [-0.2, -0.15) is 12.6 Å². The SMILES string of the molecule is CCOC(=O)CCC(S)c1nc2ccccc2n1Cc1ccc(Cl)cc1. The van der Waals surface area contributed by atoms with Crippen LogP contribution in [0.25, 0.3) is 11.0 Å². The highest BCUT2D eigenvalue weighted by Gasteiger charge is 2.19. The number of imidazole rings is 1. The van der Waals surface area contributed by atoms with Crippen LogP contribution >= 0.6 is 24.2 Å². The first-order chi connectivity index (χ1) is 12.6. The van der Waals surface area contributed by atoms with Gasteiger partial charge in [-0.3, -0.25) is 4.79 Å². The Morgan fingerprint density at radius 2 is 1.96 bits per heavy atom. The molecule has 0 fully saturated rings. The molecule has 1 atom stereocenters. The van der Waals surface area contributed by atoms with Gasteiger partial charge in [0, 0.05) is 18.0 Å². The highest BCUT2D eigenvalue weighted by molar-refractivity contribution is 7.80. The second-order valence-corrected chi connectivity index (χ2v) is 7.09. The molecule has 0 aliphatic heterocycles. The summed E-state index contributed by atoms with van der Waals surface area (Å²) in [5, 5.41) is 0.560. The minimum absolute atomic E-state index is 0.154. The molecule has 0 saturated carbocycles. The maximum atomic E-state index is 11.7. The summed E-state index contributed by atoms with van der Waals surface area (Å²) in [6, 6.07) is 15.8. The monoisotopic (exact) mass is 388 g/mol. The van der Waals surface area contributed by atoms with Crippen LogP contribution in [0, 0.1) is 0 Å². The molecule has 0 spiro atoms. The number of ether oxygens (including phenoxy) is 1. The Morgan fingerprint density at radius 1 is 1.23 bits per heavy atom. The molecule has 3 rings (SSSR count). The number of thiol groups is 1. The smallest absolute Gasteiger partial charge is 0.305 e. The number of nitrogens with zero attached hydrogens (tertiary/aromatic N) is 2. The number of carbonyl (C=O) groups excluding carboxylic acids is 1. The number of hydrogen-bond donors (Lipinski definition) is 1. The van der Waals surface area contributed by atoms with Crippen molar-refractivity contribution in [1.29, 1.82) is 0 Å². The zero-order chi connectivity index (χ0) is 18.5. The molecule has 1 heterocycles. The Labute approximate surface area is 163 Å². The van der Waals surface area contributed by atoms with E-state index in [2.05, 4.69) is 4.57 Å². The van der Waals surface area contributed by atoms with Crippen LogP contribution in [0.2, 0.25) is 5.02 Å². The fourth-order valence-electron chi connectivity index (χ4n) is 2.90. The third-order valence-corrected chi connectivity index (χ3v) is 4.90. The summed E-state index contributed by atoms with van der Waals surface area (Å²) in [5.41, 5.74) is 3.10. The Hall–Kier alpha value is -1.98. The van der Waals surface area contributed by atoms with Gasteiger partial charge < -0.3 is 9.30 Å². The highest BCUT2D eigenvalue weighted by atomic mass is 35.5. The van der Waals surface area contributed by atoms with Crippen LogP contribution in [-0.4, -0.2) is 22.1 Å². The molecule has 1 aromatic heterocycles. The summed E-state index contributed by atoms with van der Waals surface area (Å²) in [4.78, 5) is 16.4. The van der Waals surface area contributed by atoms with Gasteiger partial charge in [0.15, 0.2) is 0 Å². The summed E-state index contributed by atoms with van der Waals surface area (Å²) in [5.74, 6) is 0.653. The highest BCUT2D eigenvalue weighted by Crippen LogP contribution is 2.29. The normalized spacial score (nSPS) is 12.3. The largest absolute Gasteiger partial charge is 0.466 e. The molecule has 6 heteroatoms. The average molecular weight is 389 g/mol. The second kappa shape index (κ2) is 8.60. The Morgan fingerprint density at radius 3 is 2.69 bits per heavy atom. The molecule has 0 amide bonds. The summed E-state index contributed by atoms with van der Waals surface area (Å²) >= 11 is 10.7. The lowest BCUT2D eigenvalue weighted by Gasteiger charge is -2.14. The fraction of sp³-hybridized carbons (Fsp3) is 0.300. The lowest BCUT2D eigenvalue weighted by Crippen LogP contribution is -2.10. The maximum Gasteiger partial charge on any atom is 0.305 e. The van der Waals surface area contributed by atoms with Crippen molar-refractivity contribution >= 4 is 41.2 Å². The number of hydrogen-bond acceptors (Lipinski definition) is 4. The number of rotatable bonds is 7. The van der Waals surface area contributed by atoms with E-state index in [-0.39, 0.29) is 11.2 Å². The van der Waals surface area contributed by atoms with E-state index in [4.69, 9.17) is 34.0 Å². The van der Waals surface area contributed by atoms with Crippen molar-refractivity contribution < 1.29 is 9.53 Å². The molecule has 4 nitrogen and oxygen atoms in total. The van der Waals surface area contributed by atoms with Gasteiger partial charge in [-0.1, -0.05) is 35.9 Å². The van der Waals surface area contributed by atoms with Crippen molar-refractivity contribution in [3.05, 3.63) is 64.9 Å². The predicted molar refractivity (Wildman–Crippen MR) is 108 cm³/mol. The standard InChI is InChI=1S/C20H21ClN2O2S/c1-2-25-19(24)12-11-18(26)20-22-16-5-3-4-6-17(16)23(20)13-14-7-9-15(21)10-8-14/h3-10,18,26H,2,11-13H2,1H3. The van der Waals surface area contributed by atoms with Crippen molar-refractivity contribution in [3.63, 3.8) is 0 Å². The van der Waals surface area contributed by atoms with Gasteiger partial charge in [0.05, 0.1) is 22.9 Å². The molecule has 136 valence electrons. The van der Waals surface area contributed by atoms with Crippen LogP contribution in [0.4, 0.5) is 0 Å². The van der Waals surface area contributed by atoms with E-state index in [1.54, 1.807) is 0 Å². The van der Waals surface area contributed by atoms with Gasteiger partial charge in [-0.15, -0.1) is 0 Å². The van der Waals surface area contributed by atoms with Gasteiger partial charge in [-0.05, 0) is 43.2 Å². The molecule has 1 unspecified atom stereocenters. The summed E-state index contributed by atoms with van der Waals surface area (Å²) in [6.07, 6.45) is 0.901. The van der Waals surface area contributed by atoms with Gasteiger partial charge >= 0.3 is 5.97 Å². The molecule has 0 bridgehead atoms. The third-order valence-electron chi connectivity index (χ3n) is 4.16. The summed E-state index contributed by atoms with van der Waals surface area (Å²) in [6.45, 7) is 2.87. The van der Waals surface area contributed by atoms with E-state index in [9.17, 15) is 4.79 Å². The zero-order valence-electron chi connectivity index (χ0n) is 14.6. The van der Waals surface area contributed by atoms with E-state index in [0.717, 1.165) is 22.4 Å². The van der Waals surface area contributed by atoms with Crippen molar-refractivity contribution in [2.24, 2.45) is 0 Å². The van der Waals surface area contributed by atoms with Gasteiger partial charge in [0.2, 0.25) is 0 Å². The molecule has 0 N–H and O–H groups in total. The predicted octanol–water partition coefficient (Wildman–Crippen LogP) is 5.05. The van der Waals surface area contributed by atoms with E-state index in [1.165, 1.54) is 0 Å². The van der Waals surface area contributed by atoms with Gasteiger partial charge in [-0.25, -0.2) is 4.98 Å².